The average Bonchev–Trinajstić information content (AvgIpc) is 2.80. The molecule has 2 saturated heterocycles. The molecule has 2 fully saturated rings. The van der Waals surface area contributed by atoms with Gasteiger partial charge in [-0.15, -0.1) is 0 Å². The summed E-state index contributed by atoms with van der Waals surface area (Å²) in [4.78, 5) is 16.2. The number of carbonyl (C=O) groups excluding carboxylic acids is 1. The lowest BCUT2D eigenvalue weighted by atomic mass is 9.71. The molecule has 2 aromatic rings. The number of rotatable bonds is 2. The highest BCUT2D eigenvalue weighted by atomic mass is 16.5. The lowest BCUT2D eigenvalue weighted by Crippen LogP contribution is -2.59. The SMILES string of the molecule is CCCN1C[C@@H]2C(=O)[C@H](C1)[C@@H]1N[C@H]2c2ccccc2OCCOCCOc2ccccc21. The first-order chi connectivity index (χ1) is 15.8. The molecule has 0 spiro atoms. The van der Waals surface area contributed by atoms with Crippen LogP contribution in [0.15, 0.2) is 48.5 Å². The van der Waals surface area contributed by atoms with E-state index in [4.69, 9.17) is 14.2 Å². The highest BCUT2D eigenvalue weighted by molar-refractivity contribution is 5.87. The van der Waals surface area contributed by atoms with Crippen LogP contribution < -0.4 is 14.8 Å². The Hall–Kier alpha value is -2.41. The molecule has 0 radical (unpaired) electrons. The maximum Gasteiger partial charge on any atom is 0.145 e. The lowest BCUT2D eigenvalue weighted by molar-refractivity contribution is -0.138. The molecule has 4 bridgehead atoms. The number of ketones is 1. The number of carbonyl (C=O) groups is 1. The molecular weight excluding hydrogens is 404 g/mol. The first-order valence-electron chi connectivity index (χ1n) is 11.8. The molecule has 6 heteroatoms. The number of piperidine rings is 2. The molecule has 0 saturated carbocycles. The van der Waals surface area contributed by atoms with Gasteiger partial charge in [-0.25, -0.2) is 0 Å². The van der Waals surface area contributed by atoms with Crippen LogP contribution in [0.1, 0.15) is 36.6 Å². The number of Topliss-reactive ketones (excluding diaryl/α,β-unsaturated/α-hetero) is 1. The Balaban J connectivity index is 1.60. The monoisotopic (exact) mass is 436 g/mol. The van der Waals surface area contributed by atoms with Crippen molar-refractivity contribution in [3.63, 3.8) is 0 Å². The number of benzene rings is 2. The highest BCUT2D eigenvalue weighted by Gasteiger charge is 2.49. The maximum atomic E-state index is 13.8. The van der Waals surface area contributed by atoms with E-state index in [1.807, 2.05) is 36.4 Å². The van der Waals surface area contributed by atoms with Gasteiger partial charge in [-0.2, -0.15) is 0 Å². The molecule has 0 unspecified atom stereocenters. The Labute approximate surface area is 189 Å². The van der Waals surface area contributed by atoms with Crippen molar-refractivity contribution in [1.82, 2.24) is 10.2 Å². The summed E-state index contributed by atoms with van der Waals surface area (Å²) in [7, 11) is 0. The van der Waals surface area contributed by atoms with Gasteiger partial charge in [-0.1, -0.05) is 43.3 Å². The topological polar surface area (TPSA) is 60.0 Å². The predicted octanol–water partition coefficient (Wildman–Crippen LogP) is 3.39. The summed E-state index contributed by atoms with van der Waals surface area (Å²) in [6, 6.07) is 16.0. The fraction of sp³-hybridized carbons (Fsp3) is 0.500. The molecule has 0 aliphatic carbocycles. The van der Waals surface area contributed by atoms with Gasteiger partial charge in [0.1, 0.15) is 30.5 Å². The smallest absolute Gasteiger partial charge is 0.145 e. The van der Waals surface area contributed by atoms with Crippen molar-refractivity contribution in [2.75, 3.05) is 46.1 Å². The number of ether oxygens (including phenoxy) is 3. The zero-order valence-electron chi connectivity index (χ0n) is 18.7. The zero-order valence-corrected chi connectivity index (χ0v) is 18.7. The van der Waals surface area contributed by atoms with Crippen molar-refractivity contribution in [3.05, 3.63) is 59.7 Å². The van der Waals surface area contributed by atoms with Gasteiger partial charge in [0.25, 0.3) is 0 Å². The molecule has 3 heterocycles. The molecule has 3 aliphatic rings. The van der Waals surface area contributed by atoms with E-state index in [9.17, 15) is 4.79 Å². The van der Waals surface area contributed by atoms with Crippen LogP contribution in [0.25, 0.3) is 0 Å². The lowest BCUT2D eigenvalue weighted by Gasteiger charge is -2.49. The van der Waals surface area contributed by atoms with Crippen LogP contribution in [-0.2, 0) is 9.53 Å². The van der Waals surface area contributed by atoms with E-state index < -0.39 is 0 Å². The van der Waals surface area contributed by atoms with Crippen molar-refractivity contribution in [3.8, 4) is 11.5 Å². The Bertz CT molecular complexity index is 879. The first kappa shape index (κ1) is 21.4. The first-order valence-corrected chi connectivity index (χ1v) is 11.8. The van der Waals surface area contributed by atoms with Gasteiger partial charge < -0.3 is 24.4 Å². The van der Waals surface area contributed by atoms with E-state index in [1.165, 1.54) is 0 Å². The normalized spacial score (nSPS) is 28.5. The second kappa shape index (κ2) is 9.61. The van der Waals surface area contributed by atoms with Crippen LogP contribution >= 0.6 is 0 Å². The molecular formula is C26H32N2O4. The largest absolute Gasteiger partial charge is 0.491 e. The summed E-state index contributed by atoms with van der Waals surface area (Å²) in [5.41, 5.74) is 2.09. The van der Waals surface area contributed by atoms with E-state index in [0.29, 0.717) is 32.2 Å². The van der Waals surface area contributed by atoms with Gasteiger partial charge in [0, 0.05) is 36.3 Å². The van der Waals surface area contributed by atoms with E-state index in [0.717, 1.165) is 48.7 Å². The van der Waals surface area contributed by atoms with Gasteiger partial charge >= 0.3 is 0 Å². The Kier molecular flexibility index (Phi) is 6.44. The summed E-state index contributed by atoms with van der Waals surface area (Å²) in [6.45, 7) is 6.69. The van der Waals surface area contributed by atoms with E-state index in [1.54, 1.807) is 0 Å². The second-order valence-corrected chi connectivity index (χ2v) is 8.88. The van der Waals surface area contributed by atoms with Crippen molar-refractivity contribution in [2.24, 2.45) is 11.8 Å². The summed E-state index contributed by atoms with van der Waals surface area (Å²) in [5, 5.41) is 3.88. The van der Waals surface area contributed by atoms with Crippen LogP contribution in [0.5, 0.6) is 11.5 Å². The fourth-order valence-corrected chi connectivity index (χ4v) is 5.42. The molecule has 5 rings (SSSR count). The van der Waals surface area contributed by atoms with Crippen LogP contribution in [0.3, 0.4) is 0 Å². The number of hydrogen-bond donors (Lipinski definition) is 1. The molecule has 0 aromatic heterocycles. The molecule has 4 atom stereocenters. The molecule has 170 valence electrons. The van der Waals surface area contributed by atoms with Crippen LogP contribution in [0.2, 0.25) is 0 Å². The third kappa shape index (κ3) is 4.15. The number of para-hydroxylation sites is 2. The van der Waals surface area contributed by atoms with Crippen molar-refractivity contribution in [2.45, 2.75) is 25.4 Å². The number of likely N-dealkylation sites (tertiary alicyclic amines) is 1. The predicted molar refractivity (Wildman–Crippen MR) is 122 cm³/mol. The summed E-state index contributed by atoms with van der Waals surface area (Å²) >= 11 is 0. The van der Waals surface area contributed by atoms with Gasteiger partial charge in [0.05, 0.1) is 25.0 Å². The number of nitrogens with one attached hydrogen (secondary N) is 1. The van der Waals surface area contributed by atoms with Gasteiger partial charge in [-0.05, 0) is 25.1 Å². The number of fused-ring (bicyclic) bond motifs is 10. The molecule has 32 heavy (non-hydrogen) atoms. The second-order valence-electron chi connectivity index (χ2n) is 8.88. The van der Waals surface area contributed by atoms with Crippen molar-refractivity contribution >= 4 is 5.78 Å². The van der Waals surface area contributed by atoms with Crippen LogP contribution in [0.4, 0.5) is 0 Å². The highest BCUT2D eigenvalue weighted by Crippen LogP contribution is 2.45. The molecule has 6 nitrogen and oxygen atoms in total. The van der Waals surface area contributed by atoms with Gasteiger partial charge in [0.15, 0.2) is 0 Å². The van der Waals surface area contributed by atoms with E-state index in [2.05, 4.69) is 29.3 Å². The van der Waals surface area contributed by atoms with E-state index >= 15 is 0 Å². The van der Waals surface area contributed by atoms with Crippen molar-refractivity contribution < 1.29 is 19.0 Å². The average molecular weight is 437 g/mol. The number of nitrogens with zero attached hydrogens (tertiary/aromatic N) is 1. The maximum absolute atomic E-state index is 13.8. The quantitative estimate of drug-likeness (QED) is 0.779. The van der Waals surface area contributed by atoms with Crippen molar-refractivity contribution in [1.29, 1.82) is 0 Å². The van der Waals surface area contributed by atoms with Gasteiger partial charge in [0.2, 0.25) is 0 Å². The van der Waals surface area contributed by atoms with E-state index in [-0.39, 0.29) is 23.9 Å². The summed E-state index contributed by atoms with van der Waals surface area (Å²) in [6.07, 6.45) is 1.08. The Morgan fingerprint density at radius 2 is 1.38 bits per heavy atom. The molecule has 0 amide bonds. The third-order valence-electron chi connectivity index (χ3n) is 6.82. The Morgan fingerprint density at radius 1 is 0.844 bits per heavy atom. The number of hydrogen-bond acceptors (Lipinski definition) is 6. The Morgan fingerprint density at radius 3 is 1.91 bits per heavy atom. The summed E-state index contributed by atoms with van der Waals surface area (Å²) in [5.74, 6) is 1.81. The molecule has 1 N–H and O–H groups in total. The minimum atomic E-state index is -0.114. The molecule has 3 aliphatic heterocycles. The minimum absolute atomic E-state index is 0.0986. The van der Waals surface area contributed by atoms with Crippen LogP contribution in [0, 0.1) is 11.8 Å². The third-order valence-corrected chi connectivity index (χ3v) is 6.82. The zero-order chi connectivity index (χ0) is 21.9. The fourth-order valence-electron chi connectivity index (χ4n) is 5.42. The molecule has 2 aromatic carbocycles. The summed E-state index contributed by atoms with van der Waals surface area (Å²) < 4.78 is 17.9. The van der Waals surface area contributed by atoms with Gasteiger partial charge in [-0.3, -0.25) is 4.79 Å². The minimum Gasteiger partial charge on any atom is -0.491 e. The van der Waals surface area contributed by atoms with Crippen LogP contribution in [-0.4, -0.2) is 56.7 Å². The standard InChI is InChI=1S/C26H32N2O4/c1-2-11-28-16-20-24-18-7-3-5-9-22(18)31-14-12-30-13-15-32-23-10-6-4-8-19(23)25(27-24)21(17-28)26(20)29/h3-10,20-21,24-25,27H,2,11-17H2,1H3/t20-,21+,24-,25+.